The second-order valence-electron chi connectivity index (χ2n) is 7.93. The van der Waals surface area contributed by atoms with Gasteiger partial charge < -0.3 is 14.8 Å². The monoisotopic (exact) mass is 560 g/mol. The number of hydrogen-bond donors (Lipinski definition) is 1. The standard InChI is InChI=1S/C28H21Cl2F3N2O3/c1-3-5-18-10-17(12-25(37-2)26(18)38-16-19-8-9-22(29)14-24(19)30)11-20(15-34)27(36)35-23-7-4-6-21(13-23)28(31,32)33/h3-4,6-14H,1,5,16H2,2H3,(H,35,36)/b20-11+. The lowest BCUT2D eigenvalue weighted by Crippen LogP contribution is -2.14. The van der Waals surface area contributed by atoms with E-state index in [1.807, 2.05) is 0 Å². The Labute approximate surface area is 227 Å². The van der Waals surface area contributed by atoms with E-state index >= 15 is 0 Å². The average Bonchev–Trinajstić information content (AvgIpc) is 2.87. The smallest absolute Gasteiger partial charge is 0.416 e. The van der Waals surface area contributed by atoms with E-state index in [1.165, 1.54) is 19.3 Å². The zero-order chi connectivity index (χ0) is 27.9. The SMILES string of the molecule is C=CCc1cc(/C=C(\C#N)C(=O)Nc2cccc(C(F)(F)F)c2)cc(OC)c1OCc1ccc(Cl)cc1Cl. The molecule has 3 aromatic carbocycles. The van der Waals surface area contributed by atoms with Crippen molar-refractivity contribution in [1.29, 1.82) is 5.26 Å². The lowest BCUT2D eigenvalue weighted by molar-refractivity contribution is -0.137. The summed E-state index contributed by atoms with van der Waals surface area (Å²) in [6, 6.07) is 14.2. The highest BCUT2D eigenvalue weighted by atomic mass is 35.5. The predicted octanol–water partition coefficient (Wildman–Crippen LogP) is 7.87. The molecule has 1 N–H and O–H groups in total. The molecule has 3 rings (SSSR count). The molecular formula is C28H21Cl2F3N2O3. The van der Waals surface area contributed by atoms with Crippen LogP contribution in [0, 0.1) is 11.3 Å². The average molecular weight is 561 g/mol. The van der Waals surface area contributed by atoms with Crippen LogP contribution in [-0.2, 0) is 24.0 Å². The van der Waals surface area contributed by atoms with Gasteiger partial charge in [0.1, 0.15) is 18.2 Å². The Hall–Kier alpha value is -3.93. The quantitative estimate of drug-likeness (QED) is 0.164. The number of halogens is 5. The third kappa shape index (κ3) is 7.31. The van der Waals surface area contributed by atoms with Crippen LogP contribution in [0.2, 0.25) is 10.0 Å². The van der Waals surface area contributed by atoms with Crippen LogP contribution in [0.3, 0.4) is 0 Å². The minimum atomic E-state index is -4.57. The number of carbonyl (C=O) groups is 1. The first-order valence-electron chi connectivity index (χ1n) is 11.0. The number of amides is 1. The summed E-state index contributed by atoms with van der Waals surface area (Å²) in [7, 11) is 1.44. The van der Waals surface area contributed by atoms with E-state index < -0.39 is 17.6 Å². The summed E-state index contributed by atoms with van der Waals surface area (Å²) in [5.74, 6) is -0.118. The Bertz CT molecular complexity index is 1430. The number of ether oxygens (including phenoxy) is 2. The van der Waals surface area contributed by atoms with Crippen LogP contribution >= 0.6 is 23.2 Å². The van der Waals surface area contributed by atoms with Crippen molar-refractivity contribution in [2.24, 2.45) is 0 Å². The van der Waals surface area contributed by atoms with Gasteiger partial charge in [0.15, 0.2) is 11.5 Å². The lowest BCUT2D eigenvalue weighted by Gasteiger charge is -2.16. The number of nitrogens with one attached hydrogen (secondary N) is 1. The summed E-state index contributed by atoms with van der Waals surface area (Å²) in [5.41, 5.74) is 0.450. The first kappa shape index (κ1) is 28.6. The van der Waals surface area contributed by atoms with Crippen LogP contribution < -0.4 is 14.8 Å². The lowest BCUT2D eigenvalue weighted by atomic mass is 10.0. The van der Waals surface area contributed by atoms with E-state index in [2.05, 4.69) is 11.9 Å². The van der Waals surface area contributed by atoms with Crippen LogP contribution in [0.4, 0.5) is 18.9 Å². The van der Waals surface area contributed by atoms with Crippen molar-refractivity contribution >= 4 is 40.9 Å². The maximum Gasteiger partial charge on any atom is 0.416 e. The number of nitrogens with zero attached hydrogens (tertiary/aromatic N) is 1. The van der Waals surface area contributed by atoms with Crippen LogP contribution in [0.25, 0.3) is 6.08 Å². The normalized spacial score (nSPS) is 11.4. The molecule has 0 aliphatic heterocycles. The van der Waals surface area contributed by atoms with Gasteiger partial charge in [-0.2, -0.15) is 18.4 Å². The summed E-state index contributed by atoms with van der Waals surface area (Å²) in [4.78, 5) is 12.7. The minimum Gasteiger partial charge on any atom is -0.493 e. The number of nitriles is 1. The van der Waals surface area contributed by atoms with E-state index in [0.717, 1.165) is 18.2 Å². The van der Waals surface area contributed by atoms with Gasteiger partial charge in [-0.3, -0.25) is 4.79 Å². The number of alkyl halides is 3. The van der Waals surface area contributed by atoms with Crippen LogP contribution in [0.5, 0.6) is 11.5 Å². The van der Waals surface area contributed by atoms with Crippen molar-refractivity contribution < 1.29 is 27.4 Å². The predicted molar refractivity (Wildman–Crippen MR) is 141 cm³/mol. The van der Waals surface area contributed by atoms with Gasteiger partial charge in [-0.25, -0.2) is 0 Å². The van der Waals surface area contributed by atoms with Crippen molar-refractivity contribution in [2.45, 2.75) is 19.2 Å². The second kappa shape index (κ2) is 12.5. The molecule has 0 saturated heterocycles. The second-order valence-corrected chi connectivity index (χ2v) is 8.77. The van der Waals surface area contributed by atoms with Gasteiger partial charge in [0, 0.05) is 26.9 Å². The molecule has 38 heavy (non-hydrogen) atoms. The third-order valence-electron chi connectivity index (χ3n) is 5.25. The highest BCUT2D eigenvalue weighted by Crippen LogP contribution is 2.36. The molecule has 5 nitrogen and oxygen atoms in total. The number of allylic oxidation sites excluding steroid dienone is 1. The van der Waals surface area contributed by atoms with Gasteiger partial charge in [0.05, 0.1) is 12.7 Å². The molecule has 0 aliphatic rings. The maximum atomic E-state index is 13.0. The zero-order valence-electron chi connectivity index (χ0n) is 20.0. The van der Waals surface area contributed by atoms with Gasteiger partial charge in [-0.05, 0) is 60.5 Å². The summed E-state index contributed by atoms with van der Waals surface area (Å²) < 4.78 is 50.5. The molecule has 196 valence electrons. The molecule has 0 atom stereocenters. The van der Waals surface area contributed by atoms with Crippen molar-refractivity contribution in [2.75, 3.05) is 12.4 Å². The number of carbonyl (C=O) groups excluding carboxylic acids is 1. The Balaban J connectivity index is 1.90. The van der Waals surface area contributed by atoms with Crippen molar-refractivity contribution in [3.05, 3.63) is 105 Å². The Morgan fingerprint density at radius 1 is 1.13 bits per heavy atom. The number of benzene rings is 3. The number of methoxy groups -OCH3 is 1. The molecule has 0 spiro atoms. The van der Waals surface area contributed by atoms with Gasteiger partial charge in [-0.1, -0.05) is 41.4 Å². The van der Waals surface area contributed by atoms with Crippen molar-refractivity contribution in [1.82, 2.24) is 0 Å². The molecule has 1 amide bonds. The molecule has 0 radical (unpaired) electrons. The molecule has 0 aromatic heterocycles. The van der Waals surface area contributed by atoms with Gasteiger partial charge >= 0.3 is 6.18 Å². The minimum absolute atomic E-state index is 0.0967. The highest BCUT2D eigenvalue weighted by molar-refractivity contribution is 6.35. The molecule has 0 aliphatic carbocycles. The zero-order valence-corrected chi connectivity index (χ0v) is 21.5. The summed E-state index contributed by atoms with van der Waals surface area (Å²) in [5, 5.41) is 12.8. The third-order valence-corrected chi connectivity index (χ3v) is 5.84. The summed E-state index contributed by atoms with van der Waals surface area (Å²) in [6.07, 6.45) is -1.25. The molecule has 3 aromatic rings. The Kier molecular flexibility index (Phi) is 9.45. The summed E-state index contributed by atoms with van der Waals surface area (Å²) in [6.45, 7) is 3.88. The fourth-order valence-electron chi connectivity index (χ4n) is 3.47. The van der Waals surface area contributed by atoms with Crippen LogP contribution in [0.15, 0.2) is 72.8 Å². The first-order valence-corrected chi connectivity index (χ1v) is 11.8. The summed E-state index contributed by atoms with van der Waals surface area (Å²) >= 11 is 12.2. The first-order chi connectivity index (χ1) is 18.0. The van der Waals surface area contributed by atoms with E-state index in [4.69, 9.17) is 32.7 Å². The van der Waals surface area contributed by atoms with Crippen LogP contribution in [-0.4, -0.2) is 13.0 Å². The number of anilines is 1. The van der Waals surface area contributed by atoms with E-state index in [1.54, 1.807) is 42.5 Å². The maximum absolute atomic E-state index is 13.0. The fourth-order valence-corrected chi connectivity index (χ4v) is 3.93. The fraction of sp³-hybridized carbons (Fsp3) is 0.143. The van der Waals surface area contributed by atoms with Gasteiger partial charge in [0.25, 0.3) is 5.91 Å². The molecule has 0 heterocycles. The topological polar surface area (TPSA) is 71.4 Å². The van der Waals surface area contributed by atoms with Gasteiger partial charge in [-0.15, -0.1) is 6.58 Å². The molecular weight excluding hydrogens is 540 g/mol. The number of rotatable bonds is 9. The van der Waals surface area contributed by atoms with E-state index in [-0.39, 0.29) is 17.9 Å². The molecule has 0 saturated carbocycles. The molecule has 10 heteroatoms. The largest absolute Gasteiger partial charge is 0.493 e. The van der Waals surface area contributed by atoms with E-state index in [9.17, 15) is 23.2 Å². The van der Waals surface area contributed by atoms with Gasteiger partial charge in [0.2, 0.25) is 0 Å². The molecule has 0 fully saturated rings. The molecule has 0 bridgehead atoms. The van der Waals surface area contributed by atoms with Crippen LogP contribution in [0.1, 0.15) is 22.3 Å². The highest BCUT2D eigenvalue weighted by Gasteiger charge is 2.30. The molecule has 0 unspecified atom stereocenters. The Morgan fingerprint density at radius 2 is 1.89 bits per heavy atom. The van der Waals surface area contributed by atoms with Crippen molar-refractivity contribution in [3.8, 4) is 17.6 Å². The number of hydrogen-bond acceptors (Lipinski definition) is 4. The Morgan fingerprint density at radius 3 is 2.53 bits per heavy atom. The van der Waals surface area contributed by atoms with Crippen molar-refractivity contribution in [3.63, 3.8) is 0 Å². The van der Waals surface area contributed by atoms with E-state index in [0.29, 0.717) is 44.7 Å².